The van der Waals surface area contributed by atoms with Crippen LogP contribution < -0.4 is 9.47 Å². The molecule has 8 nitrogen and oxygen atoms in total. The number of benzene rings is 1. The first-order valence-electron chi connectivity index (χ1n) is 10.9. The van der Waals surface area contributed by atoms with Gasteiger partial charge in [-0.1, -0.05) is 40.3 Å². The van der Waals surface area contributed by atoms with Gasteiger partial charge in [0.05, 0.1) is 30.3 Å². The maximum atomic E-state index is 14.0. The number of alkyl halides is 1. The number of fused-ring (bicyclic) bond motifs is 2. The number of methoxy groups -OCH3 is 2. The number of hydrogen-bond donors (Lipinski definition) is 0. The van der Waals surface area contributed by atoms with Crippen LogP contribution in [0.1, 0.15) is 5.56 Å². The number of nitrogens with zero attached hydrogens (tertiary/aromatic N) is 4. The van der Waals surface area contributed by atoms with Gasteiger partial charge in [0.25, 0.3) is 15.9 Å². The molecular weight excluding hydrogens is 579 g/mol. The highest BCUT2D eigenvalue weighted by molar-refractivity contribution is 14.1. The van der Waals surface area contributed by atoms with Crippen molar-refractivity contribution in [3.05, 3.63) is 66.5 Å². The van der Waals surface area contributed by atoms with Crippen molar-refractivity contribution >= 4 is 54.7 Å². The number of pyridine rings is 2. The molecule has 35 heavy (non-hydrogen) atoms. The Bertz CT molecular complexity index is 1660. The van der Waals surface area contributed by atoms with Crippen LogP contribution in [0.25, 0.3) is 33.3 Å². The first-order chi connectivity index (χ1) is 16.9. The molecule has 0 aliphatic carbocycles. The molecule has 0 fully saturated rings. The van der Waals surface area contributed by atoms with Crippen LogP contribution in [0.2, 0.25) is 0 Å². The van der Waals surface area contributed by atoms with E-state index in [9.17, 15) is 8.42 Å². The van der Waals surface area contributed by atoms with E-state index in [-0.39, 0.29) is 4.90 Å². The molecular formula is C25H23IN4O4S. The Morgan fingerprint density at radius 1 is 1.06 bits per heavy atom. The average Bonchev–Trinajstić information content (AvgIpc) is 3.42. The number of aromatic nitrogens is 4. The zero-order chi connectivity index (χ0) is 24.7. The monoisotopic (exact) mass is 602 g/mol. The highest BCUT2D eigenvalue weighted by Crippen LogP contribution is 2.39. The Hall–Kier alpha value is -3.12. The Morgan fingerprint density at radius 3 is 2.51 bits per heavy atom. The molecule has 0 saturated heterocycles. The molecule has 0 N–H and O–H groups in total. The van der Waals surface area contributed by atoms with E-state index in [2.05, 4.69) is 32.1 Å². The topological polar surface area (TPSA) is 88.2 Å². The summed E-state index contributed by atoms with van der Waals surface area (Å²) in [5.74, 6) is 0.837. The van der Waals surface area contributed by atoms with Gasteiger partial charge < -0.3 is 14.0 Å². The fourth-order valence-corrected chi connectivity index (χ4v) is 6.19. The molecule has 0 saturated carbocycles. The first kappa shape index (κ1) is 23.6. The molecule has 0 aliphatic heterocycles. The van der Waals surface area contributed by atoms with Gasteiger partial charge in [0, 0.05) is 40.4 Å². The standard InChI is InChI=1S/C25H23IN4O4S/c1-16-6-8-18(9-7-16)35(31,32)30-20(13-17-5-4-11-27-24(17)30)19-15-29(12-10-26)21-14-22(33-2)25(34-3)28-23(19)21/h4-9,11,13-15H,10,12H2,1-3H3. The van der Waals surface area contributed by atoms with Crippen molar-refractivity contribution < 1.29 is 17.9 Å². The summed E-state index contributed by atoms with van der Waals surface area (Å²) in [6, 6.07) is 14.2. The summed E-state index contributed by atoms with van der Waals surface area (Å²) in [6.45, 7) is 2.64. The minimum absolute atomic E-state index is 0.190. The van der Waals surface area contributed by atoms with E-state index in [1.807, 2.05) is 31.3 Å². The van der Waals surface area contributed by atoms with Crippen LogP contribution in [0, 0.1) is 6.92 Å². The fraction of sp³-hybridized carbons (Fsp3) is 0.200. The van der Waals surface area contributed by atoms with Crippen molar-refractivity contribution in [1.29, 1.82) is 0 Å². The van der Waals surface area contributed by atoms with E-state index in [1.165, 1.54) is 11.1 Å². The Balaban J connectivity index is 1.86. The normalized spacial score (nSPS) is 11.9. The number of rotatable bonds is 7. The Morgan fingerprint density at radius 2 is 1.83 bits per heavy atom. The highest BCUT2D eigenvalue weighted by atomic mass is 127. The molecule has 0 atom stereocenters. The second-order valence-electron chi connectivity index (χ2n) is 8.02. The van der Waals surface area contributed by atoms with Crippen LogP contribution in [-0.4, -0.2) is 45.6 Å². The van der Waals surface area contributed by atoms with Gasteiger partial charge in [-0.15, -0.1) is 0 Å². The Kier molecular flexibility index (Phi) is 6.18. The van der Waals surface area contributed by atoms with E-state index >= 15 is 0 Å². The molecule has 5 rings (SSSR count). The molecule has 0 unspecified atom stereocenters. The third kappa shape index (κ3) is 3.94. The Labute approximate surface area is 216 Å². The number of hydrogen-bond acceptors (Lipinski definition) is 6. The number of halogens is 1. The minimum Gasteiger partial charge on any atom is -0.491 e. The second kappa shape index (κ2) is 9.15. The lowest BCUT2D eigenvalue weighted by Gasteiger charge is -2.12. The van der Waals surface area contributed by atoms with Gasteiger partial charge in [-0.3, -0.25) is 0 Å². The van der Waals surface area contributed by atoms with Crippen LogP contribution in [0.15, 0.2) is 65.8 Å². The zero-order valence-electron chi connectivity index (χ0n) is 19.4. The van der Waals surface area contributed by atoms with Gasteiger partial charge >= 0.3 is 0 Å². The molecule has 0 aliphatic rings. The van der Waals surface area contributed by atoms with Crippen LogP contribution in [0.4, 0.5) is 0 Å². The van der Waals surface area contributed by atoms with E-state index in [0.29, 0.717) is 39.4 Å². The lowest BCUT2D eigenvalue weighted by molar-refractivity contribution is 0.344. The maximum absolute atomic E-state index is 14.0. The van der Waals surface area contributed by atoms with Crippen LogP contribution in [0.5, 0.6) is 11.6 Å². The predicted molar refractivity (Wildman–Crippen MR) is 144 cm³/mol. The molecule has 1 aromatic carbocycles. The van der Waals surface area contributed by atoms with E-state index in [0.717, 1.165) is 22.1 Å². The molecule has 0 bridgehead atoms. The summed E-state index contributed by atoms with van der Waals surface area (Å²) in [6.07, 6.45) is 3.53. The van der Waals surface area contributed by atoms with Gasteiger partial charge in [-0.05, 0) is 37.3 Å². The largest absolute Gasteiger partial charge is 0.491 e. The van der Waals surface area contributed by atoms with Crippen molar-refractivity contribution in [3.8, 4) is 22.9 Å². The lowest BCUT2D eigenvalue weighted by Crippen LogP contribution is -2.14. The second-order valence-corrected chi connectivity index (χ2v) is 10.9. The summed E-state index contributed by atoms with van der Waals surface area (Å²) in [7, 11) is -0.865. The number of aryl methyl sites for hydroxylation is 2. The van der Waals surface area contributed by atoms with E-state index in [4.69, 9.17) is 14.5 Å². The van der Waals surface area contributed by atoms with Crippen LogP contribution in [0.3, 0.4) is 0 Å². The third-order valence-electron chi connectivity index (χ3n) is 5.88. The molecule has 4 heterocycles. The van der Waals surface area contributed by atoms with Crippen LogP contribution >= 0.6 is 22.6 Å². The molecule has 180 valence electrons. The van der Waals surface area contributed by atoms with Crippen molar-refractivity contribution in [1.82, 2.24) is 18.5 Å². The molecule has 5 aromatic rings. The van der Waals surface area contributed by atoms with E-state index in [1.54, 1.807) is 43.6 Å². The maximum Gasteiger partial charge on any atom is 0.269 e. The van der Waals surface area contributed by atoms with Gasteiger partial charge in [-0.2, -0.15) is 0 Å². The van der Waals surface area contributed by atoms with Gasteiger partial charge in [0.15, 0.2) is 11.4 Å². The van der Waals surface area contributed by atoms with Crippen molar-refractivity contribution in [2.24, 2.45) is 0 Å². The predicted octanol–water partition coefficient (Wildman–Crippen LogP) is 5.05. The first-order valence-corrected chi connectivity index (χ1v) is 13.8. The molecule has 0 spiro atoms. The van der Waals surface area contributed by atoms with Crippen LogP contribution in [-0.2, 0) is 16.6 Å². The SMILES string of the molecule is COc1cc2c(nc1OC)c(-c1cc3cccnc3n1S(=O)(=O)c1ccc(C)cc1)cn2CCI. The average molecular weight is 602 g/mol. The highest BCUT2D eigenvalue weighted by Gasteiger charge is 2.27. The summed E-state index contributed by atoms with van der Waals surface area (Å²) in [5.41, 5.74) is 3.93. The van der Waals surface area contributed by atoms with Crippen molar-refractivity contribution in [2.75, 3.05) is 18.6 Å². The molecule has 4 aromatic heterocycles. The summed E-state index contributed by atoms with van der Waals surface area (Å²) < 4.78 is 43.1. The third-order valence-corrected chi connectivity index (χ3v) is 8.08. The van der Waals surface area contributed by atoms with Gasteiger partial charge in [0.2, 0.25) is 0 Å². The molecule has 0 amide bonds. The number of ether oxygens (including phenoxy) is 2. The van der Waals surface area contributed by atoms with Gasteiger partial charge in [-0.25, -0.2) is 22.4 Å². The van der Waals surface area contributed by atoms with E-state index < -0.39 is 10.0 Å². The lowest BCUT2D eigenvalue weighted by atomic mass is 10.2. The molecule has 0 radical (unpaired) electrons. The zero-order valence-corrected chi connectivity index (χ0v) is 22.4. The van der Waals surface area contributed by atoms with Crippen molar-refractivity contribution in [2.45, 2.75) is 18.4 Å². The quantitative estimate of drug-likeness (QED) is 0.192. The smallest absolute Gasteiger partial charge is 0.269 e. The fourth-order valence-electron chi connectivity index (χ4n) is 4.19. The van der Waals surface area contributed by atoms with Crippen molar-refractivity contribution in [3.63, 3.8) is 0 Å². The summed E-state index contributed by atoms with van der Waals surface area (Å²) >= 11 is 2.31. The van der Waals surface area contributed by atoms with Gasteiger partial charge in [0.1, 0.15) is 5.52 Å². The summed E-state index contributed by atoms with van der Waals surface area (Å²) in [4.78, 5) is 9.34. The molecule has 10 heteroatoms. The minimum atomic E-state index is -3.96. The summed E-state index contributed by atoms with van der Waals surface area (Å²) in [5, 5.41) is 0.716.